The second-order valence-corrected chi connectivity index (χ2v) is 4.28. The molecule has 3 nitrogen and oxygen atoms in total. The molecule has 1 aromatic carbocycles. The average molecular weight is 221 g/mol. The molecular weight excluding hydrogens is 202 g/mol. The Morgan fingerprint density at radius 2 is 2.19 bits per heavy atom. The first-order chi connectivity index (χ1) is 7.90. The van der Waals surface area contributed by atoms with E-state index in [1.54, 1.807) is 0 Å². The second-order valence-electron chi connectivity index (χ2n) is 4.28. The predicted octanol–water partition coefficient (Wildman–Crippen LogP) is 1.89. The van der Waals surface area contributed by atoms with E-state index >= 15 is 0 Å². The number of anilines is 1. The Hall–Kier alpha value is -1.06. The Kier molecular flexibility index (Phi) is 4.19. The minimum Gasteiger partial charge on any atom is -0.394 e. The number of hydrogen-bond donors (Lipinski definition) is 2. The molecule has 2 atom stereocenters. The third kappa shape index (κ3) is 2.97. The normalized spacial score (nSPS) is 22.7. The SMILES string of the molecule is OCC(Nc1ccccc1)C1CCCOC1. The second kappa shape index (κ2) is 5.87. The van der Waals surface area contributed by atoms with Gasteiger partial charge in [-0.2, -0.15) is 0 Å². The van der Waals surface area contributed by atoms with E-state index in [2.05, 4.69) is 5.32 Å². The van der Waals surface area contributed by atoms with Crippen molar-refractivity contribution in [2.24, 2.45) is 5.92 Å². The molecule has 1 fully saturated rings. The zero-order valence-electron chi connectivity index (χ0n) is 9.43. The number of benzene rings is 1. The van der Waals surface area contributed by atoms with Crippen LogP contribution >= 0.6 is 0 Å². The molecular formula is C13H19NO2. The van der Waals surface area contributed by atoms with Gasteiger partial charge in [-0.05, 0) is 25.0 Å². The van der Waals surface area contributed by atoms with Gasteiger partial charge in [0.05, 0.1) is 19.3 Å². The summed E-state index contributed by atoms with van der Waals surface area (Å²) < 4.78 is 5.45. The molecule has 2 unspecified atom stereocenters. The molecule has 88 valence electrons. The first kappa shape index (κ1) is 11.4. The summed E-state index contributed by atoms with van der Waals surface area (Å²) in [6, 6.07) is 10.1. The molecule has 1 heterocycles. The minimum absolute atomic E-state index is 0.0997. The topological polar surface area (TPSA) is 41.5 Å². The van der Waals surface area contributed by atoms with Crippen LogP contribution in [-0.2, 0) is 4.74 Å². The molecule has 0 bridgehead atoms. The number of para-hydroxylation sites is 1. The lowest BCUT2D eigenvalue weighted by atomic mass is 9.94. The van der Waals surface area contributed by atoms with Crippen LogP contribution in [0.15, 0.2) is 30.3 Å². The maximum atomic E-state index is 9.42. The average Bonchev–Trinajstić information content (AvgIpc) is 2.38. The molecule has 1 aliphatic heterocycles. The van der Waals surface area contributed by atoms with Crippen LogP contribution in [0.4, 0.5) is 5.69 Å². The van der Waals surface area contributed by atoms with Gasteiger partial charge in [0, 0.05) is 18.2 Å². The van der Waals surface area contributed by atoms with Crippen molar-refractivity contribution < 1.29 is 9.84 Å². The standard InChI is InChI=1S/C13H19NO2/c15-9-13(11-5-4-8-16-10-11)14-12-6-2-1-3-7-12/h1-3,6-7,11,13-15H,4-5,8-10H2. The van der Waals surface area contributed by atoms with Crippen molar-refractivity contribution >= 4 is 5.69 Å². The molecule has 1 saturated heterocycles. The van der Waals surface area contributed by atoms with E-state index in [4.69, 9.17) is 4.74 Å². The van der Waals surface area contributed by atoms with Crippen molar-refractivity contribution in [3.05, 3.63) is 30.3 Å². The smallest absolute Gasteiger partial charge is 0.0636 e. The van der Waals surface area contributed by atoms with Crippen LogP contribution in [0, 0.1) is 5.92 Å². The molecule has 16 heavy (non-hydrogen) atoms. The molecule has 1 aliphatic rings. The Morgan fingerprint density at radius 1 is 1.38 bits per heavy atom. The van der Waals surface area contributed by atoms with E-state index in [1.165, 1.54) is 0 Å². The van der Waals surface area contributed by atoms with Crippen LogP contribution in [0.5, 0.6) is 0 Å². The van der Waals surface area contributed by atoms with Gasteiger partial charge in [0.15, 0.2) is 0 Å². The lowest BCUT2D eigenvalue weighted by Crippen LogP contribution is -2.37. The molecule has 3 heteroatoms. The highest BCUT2D eigenvalue weighted by Gasteiger charge is 2.23. The van der Waals surface area contributed by atoms with E-state index in [0.717, 1.165) is 31.7 Å². The van der Waals surface area contributed by atoms with Crippen LogP contribution in [0.3, 0.4) is 0 Å². The lowest BCUT2D eigenvalue weighted by Gasteiger charge is -2.30. The lowest BCUT2D eigenvalue weighted by molar-refractivity contribution is 0.0392. The molecule has 0 radical (unpaired) electrons. The number of aliphatic hydroxyl groups is 1. The van der Waals surface area contributed by atoms with Gasteiger partial charge in [-0.25, -0.2) is 0 Å². The van der Waals surface area contributed by atoms with Crippen LogP contribution in [0.25, 0.3) is 0 Å². The molecule has 0 aromatic heterocycles. The van der Waals surface area contributed by atoms with Gasteiger partial charge in [-0.15, -0.1) is 0 Å². The van der Waals surface area contributed by atoms with Gasteiger partial charge in [0.1, 0.15) is 0 Å². The zero-order valence-corrected chi connectivity index (χ0v) is 9.43. The Bertz CT molecular complexity index is 296. The summed E-state index contributed by atoms with van der Waals surface area (Å²) in [6.07, 6.45) is 2.22. The number of nitrogens with one attached hydrogen (secondary N) is 1. The molecule has 2 N–H and O–H groups in total. The number of hydrogen-bond acceptors (Lipinski definition) is 3. The van der Waals surface area contributed by atoms with Crippen LogP contribution in [0.1, 0.15) is 12.8 Å². The van der Waals surface area contributed by atoms with Crippen molar-refractivity contribution in [1.29, 1.82) is 0 Å². The summed E-state index contributed by atoms with van der Waals surface area (Å²) in [4.78, 5) is 0. The third-order valence-corrected chi connectivity index (χ3v) is 3.09. The van der Waals surface area contributed by atoms with Gasteiger partial charge in [-0.3, -0.25) is 0 Å². The summed E-state index contributed by atoms with van der Waals surface area (Å²) >= 11 is 0. The fraction of sp³-hybridized carbons (Fsp3) is 0.538. The maximum absolute atomic E-state index is 9.42. The van der Waals surface area contributed by atoms with Gasteiger partial charge in [0.2, 0.25) is 0 Å². The van der Waals surface area contributed by atoms with Gasteiger partial charge < -0.3 is 15.2 Å². The van der Waals surface area contributed by atoms with Gasteiger partial charge >= 0.3 is 0 Å². The predicted molar refractivity (Wildman–Crippen MR) is 64.5 cm³/mol. The summed E-state index contributed by atoms with van der Waals surface area (Å²) in [5.41, 5.74) is 1.06. The molecule has 0 amide bonds. The summed E-state index contributed by atoms with van der Waals surface area (Å²) in [6.45, 7) is 1.77. The molecule has 0 aliphatic carbocycles. The number of ether oxygens (including phenoxy) is 1. The van der Waals surface area contributed by atoms with Crippen molar-refractivity contribution in [1.82, 2.24) is 0 Å². The molecule has 0 saturated carbocycles. The Balaban J connectivity index is 1.94. The van der Waals surface area contributed by atoms with Gasteiger partial charge in [0.25, 0.3) is 0 Å². The van der Waals surface area contributed by atoms with Crippen molar-refractivity contribution in [3.63, 3.8) is 0 Å². The quantitative estimate of drug-likeness (QED) is 0.815. The van der Waals surface area contributed by atoms with Crippen molar-refractivity contribution in [2.45, 2.75) is 18.9 Å². The van der Waals surface area contributed by atoms with E-state index in [0.29, 0.717) is 5.92 Å². The Labute approximate surface area is 96.4 Å². The monoisotopic (exact) mass is 221 g/mol. The first-order valence-electron chi connectivity index (χ1n) is 5.90. The van der Waals surface area contributed by atoms with E-state index < -0.39 is 0 Å². The van der Waals surface area contributed by atoms with Crippen molar-refractivity contribution in [3.8, 4) is 0 Å². The highest BCUT2D eigenvalue weighted by Crippen LogP contribution is 2.20. The number of rotatable bonds is 4. The molecule has 2 rings (SSSR count). The molecule has 0 spiro atoms. The van der Waals surface area contributed by atoms with E-state index in [9.17, 15) is 5.11 Å². The fourth-order valence-corrected chi connectivity index (χ4v) is 2.14. The molecule has 1 aromatic rings. The largest absolute Gasteiger partial charge is 0.394 e. The van der Waals surface area contributed by atoms with E-state index in [1.807, 2.05) is 30.3 Å². The minimum atomic E-state index is 0.0997. The summed E-state index contributed by atoms with van der Waals surface area (Å²) in [5.74, 6) is 0.416. The first-order valence-corrected chi connectivity index (χ1v) is 5.90. The van der Waals surface area contributed by atoms with Gasteiger partial charge in [-0.1, -0.05) is 18.2 Å². The van der Waals surface area contributed by atoms with Crippen molar-refractivity contribution in [2.75, 3.05) is 25.1 Å². The highest BCUT2D eigenvalue weighted by atomic mass is 16.5. The van der Waals surface area contributed by atoms with E-state index in [-0.39, 0.29) is 12.6 Å². The highest BCUT2D eigenvalue weighted by molar-refractivity contribution is 5.43. The van der Waals surface area contributed by atoms with Crippen LogP contribution in [0.2, 0.25) is 0 Å². The van der Waals surface area contributed by atoms with Crippen LogP contribution < -0.4 is 5.32 Å². The summed E-state index contributed by atoms with van der Waals surface area (Å²) in [7, 11) is 0. The fourth-order valence-electron chi connectivity index (χ4n) is 2.14. The summed E-state index contributed by atoms with van der Waals surface area (Å²) in [5, 5.41) is 12.8. The third-order valence-electron chi connectivity index (χ3n) is 3.09. The Morgan fingerprint density at radius 3 is 2.81 bits per heavy atom. The van der Waals surface area contributed by atoms with Crippen LogP contribution in [-0.4, -0.2) is 31.0 Å². The maximum Gasteiger partial charge on any atom is 0.0636 e. The number of aliphatic hydroxyl groups excluding tert-OH is 1. The zero-order chi connectivity index (χ0) is 11.2.